The van der Waals surface area contributed by atoms with Crippen LogP contribution in [0.4, 0.5) is 5.69 Å². The average molecular weight is 602 g/mol. The van der Waals surface area contributed by atoms with Crippen LogP contribution >= 0.6 is 12.2 Å². The Kier molecular flexibility index (Phi) is 14.6. The Balaban J connectivity index is 0.000000550. The number of H-pyrrole nitrogens is 1. The number of benzene rings is 1. The fraction of sp³-hybridized carbons (Fsp3) is 0.343. The summed E-state index contributed by atoms with van der Waals surface area (Å²) in [5, 5.41) is 8.82. The highest BCUT2D eigenvalue weighted by atomic mass is 32.1. The Labute approximate surface area is 262 Å². The molecule has 8 heteroatoms. The number of hydrogen-bond donors (Lipinski definition) is 4. The van der Waals surface area contributed by atoms with E-state index in [9.17, 15) is 9.59 Å². The fourth-order valence-electron chi connectivity index (χ4n) is 4.72. The second kappa shape index (κ2) is 17.8. The molecule has 0 spiro atoms. The predicted octanol–water partition coefficient (Wildman–Crippen LogP) is 7.19. The van der Waals surface area contributed by atoms with Crippen molar-refractivity contribution < 1.29 is 9.59 Å². The number of aryl methyl sites for hydroxylation is 1. The molecule has 2 aromatic rings. The number of aromatic amines is 1. The first kappa shape index (κ1) is 35.2. The van der Waals surface area contributed by atoms with Crippen LogP contribution in [0.5, 0.6) is 0 Å². The number of carbonyl (C=O) groups is 2. The standard InChI is InChI=1S/C25H31N5O2S.C8H10.C2H6/c1-6-30(7-2)11-10-26-25(32)23-15(3)22(28-17(23)5)13-20-19-12-18(16(4)27-14-33)8-9-21(19)29-24(20)31;1-8-6-4-2-3-5-7-8;1-2/h8-9,12-14,28H,4,6-7,10-11H2,1-3,5H3,(H,26,32)(H,27,33)(H,29,31);2,4-7H,3H2,1H3;1-2H3/b20-13-;;. The van der Waals surface area contributed by atoms with E-state index in [-0.39, 0.29) is 11.8 Å². The molecule has 43 heavy (non-hydrogen) atoms. The lowest BCUT2D eigenvalue weighted by Crippen LogP contribution is -2.35. The quantitative estimate of drug-likeness (QED) is 0.171. The minimum absolute atomic E-state index is 0.112. The molecular weight excluding hydrogens is 554 g/mol. The van der Waals surface area contributed by atoms with Gasteiger partial charge in [0.25, 0.3) is 11.8 Å². The van der Waals surface area contributed by atoms with Crippen LogP contribution < -0.4 is 16.0 Å². The Bertz CT molecular complexity index is 1420. The summed E-state index contributed by atoms with van der Waals surface area (Å²) in [4.78, 5) is 31.1. The third kappa shape index (κ3) is 9.76. The lowest BCUT2D eigenvalue weighted by atomic mass is 10.0. The van der Waals surface area contributed by atoms with Gasteiger partial charge in [-0.1, -0.05) is 88.5 Å². The molecule has 4 rings (SSSR count). The van der Waals surface area contributed by atoms with E-state index < -0.39 is 0 Å². The molecule has 0 saturated carbocycles. The number of nitrogens with one attached hydrogen (secondary N) is 4. The van der Waals surface area contributed by atoms with Gasteiger partial charge in [0.2, 0.25) is 0 Å². The minimum Gasteiger partial charge on any atom is -0.358 e. The van der Waals surface area contributed by atoms with Crippen LogP contribution in [0.25, 0.3) is 17.3 Å². The number of rotatable bonds is 10. The van der Waals surface area contributed by atoms with E-state index in [0.29, 0.717) is 23.4 Å². The van der Waals surface area contributed by atoms with Crippen molar-refractivity contribution in [3.63, 3.8) is 0 Å². The summed E-state index contributed by atoms with van der Waals surface area (Å²) >= 11 is 4.84. The molecule has 1 aliphatic carbocycles. The maximum atomic E-state index is 12.9. The van der Waals surface area contributed by atoms with Crippen molar-refractivity contribution in [2.45, 2.75) is 54.9 Å². The normalized spacial score (nSPS) is 14.0. The molecule has 2 heterocycles. The molecule has 1 aromatic heterocycles. The predicted molar refractivity (Wildman–Crippen MR) is 187 cm³/mol. The molecule has 4 N–H and O–H groups in total. The Hall–Kier alpha value is -4.01. The van der Waals surface area contributed by atoms with E-state index in [1.54, 1.807) is 6.08 Å². The number of amides is 2. The zero-order valence-corrected chi connectivity index (χ0v) is 27.5. The van der Waals surface area contributed by atoms with Crippen LogP contribution in [-0.4, -0.2) is 53.4 Å². The first-order valence-corrected chi connectivity index (χ1v) is 15.4. The summed E-state index contributed by atoms with van der Waals surface area (Å²) < 4.78 is 0. The highest BCUT2D eigenvalue weighted by Gasteiger charge is 2.26. The van der Waals surface area contributed by atoms with E-state index in [1.165, 1.54) is 11.1 Å². The van der Waals surface area contributed by atoms with Gasteiger partial charge in [-0.15, -0.1) is 0 Å². The van der Waals surface area contributed by atoms with Crippen molar-refractivity contribution in [1.82, 2.24) is 20.5 Å². The van der Waals surface area contributed by atoms with E-state index >= 15 is 0 Å². The lowest BCUT2D eigenvalue weighted by molar-refractivity contribution is -0.110. The second-order valence-corrected chi connectivity index (χ2v) is 10.2. The zero-order valence-electron chi connectivity index (χ0n) is 26.7. The number of likely N-dealkylation sites (N-methyl/N-ethyl adjacent to an activating group) is 1. The van der Waals surface area contributed by atoms with E-state index in [4.69, 9.17) is 12.2 Å². The van der Waals surface area contributed by atoms with Crippen LogP contribution in [0.3, 0.4) is 0 Å². The van der Waals surface area contributed by atoms with Gasteiger partial charge in [-0.2, -0.15) is 0 Å². The molecule has 0 radical (unpaired) electrons. The largest absolute Gasteiger partial charge is 0.358 e. The molecule has 0 atom stereocenters. The van der Waals surface area contributed by atoms with Crippen molar-refractivity contribution in [3.05, 3.63) is 94.4 Å². The molecule has 1 aliphatic heterocycles. The number of fused-ring (bicyclic) bond motifs is 1. The van der Waals surface area contributed by atoms with Crippen LogP contribution in [0.15, 0.2) is 60.7 Å². The van der Waals surface area contributed by atoms with Gasteiger partial charge in [-0.25, -0.2) is 0 Å². The topological polar surface area (TPSA) is 89.3 Å². The first-order valence-electron chi connectivity index (χ1n) is 15.0. The summed E-state index contributed by atoms with van der Waals surface area (Å²) in [5.41, 5.74) is 9.20. The molecule has 0 bridgehead atoms. The Morgan fingerprint density at radius 2 is 1.86 bits per heavy atom. The molecule has 0 saturated heterocycles. The molecule has 0 unspecified atom stereocenters. The second-order valence-electron chi connectivity index (χ2n) is 9.94. The molecule has 0 fully saturated rings. The van der Waals surface area contributed by atoms with Crippen LogP contribution in [0, 0.1) is 13.8 Å². The Morgan fingerprint density at radius 1 is 1.14 bits per heavy atom. The summed E-state index contributed by atoms with van der Waals surface area (Å²) in [6, 6.07) is 5.63. The number of hydrogen-bond acceptors (Lipinski definition) is 4. The molecular formula is C35H47N5O2S. The van der Waals surface area contributed by atoms with Gasteiger partial charge in [0.05, 0.1) is 16.6 Å². The molecule has 230 valence electrons. The van der Waals surface area contributed by atoms with Gasteiger partial charge < -0.3 is 25.8 Å². The average Bonchev–Trinajstić information content (AvgIpc) is 3.33. The van der Waals surface area contributed by atoms with Crippen molar-refractivity contribution in [3.8, 4) is 0 Å². The van der Waals surface area contributed by atoms with E-state index in [0.717, 1.165) is 59.8 Å². The summed E-state index contributed by atoms with van der Waals surface area (Å²) in [6.07, 6.45) is 13.5. The summed E-state index contributed by atoms with van der Waals surface area (Å²) in [6.45, 7) is 21.3. The van der Waals surface area contributed by atoms with E-state index in [1.807, 2.05) is 45.9 Å². The maximum absolute atomic E-state index is 12.9. The van der Waals surface area contributed by atoms with Gasteiger partial charge in [0.15, 0.2) is 0 Å². The Morgan fingerprint density at radius 3 is 2.53 bits per heavy atom. The first-order chi connectivity index (χ1) is 20.7. The number of aromatic nitrogens is 1. The number of nitrogens with zero attached hydrogens (tertiary/aromatic N) is 1. The van der Waals surface area contributed by atoms with Crippen LogP contribution in [0.2, 0.25) is 0 Å². The van der Waals surface area contributed by atoms with Gasteiger partial charge in [-0.3, -0.25) is 9.59 Å². The smallest absolute Gasteiger partial charge is 0.256 e. The molecule has 7 nitrogen and oxygen atoms in total. The molecule has 2 aliphatic rings. The molecule has 1 aromatic carbocycles. The SMILES string of the molecule is C=C(NC=S)c1ccc2c(c1)/C(=C/c1[nH]c(C)c(C(=O)NCCN(CC)CC)c1C)C(=O)N2.CC.CC1=CC=CCC=C1. The number of allylic oxidation sites excluding steroid dienone is 6. The summed E-state index contributed by atoms with van der Waals surface area (Å²) in [7, 11) is 0. The number of anilines is 1. The van der Waals surface area contributed by atoms with Gasteiger partial charge in [-0.05, 0) is 69.6 Å². The highest BCUT2D eigenvalue weighted by molar-refractivity contribution is 7.78. The van der Waals surface area contributed by atoms with Gasteiger partial charge in [0.1, 0.15) is 0 Å². The van der Waals surface area contributed by atoms with E-state index in [2.05, 4.69) is 83.6 Å². The zero-order chi connectivity index (χ0) is 31.9. The van der Waals surface area contributed by atoms with Gasteiger partial charge >= 0.3 is 0 Å². The van der Waals surface area contributed by atoms with Crippen molar-refractivity contribution >= 4 is 52.6 Å². The fourth-order valence-corrected chi connectivity index (χ4v) is 4.86. The molecule has 2 amide bonds. The monoisotopic (exact) mass is 601 g/mol. The van der Waals surface area contributed by atoms with Crippen molar-refractivity contribution in [1.29, 1.82) is 0 Å². The van der Waals surface area contributed by atoms with Crippen LogP contribution in [0.1, 0.15) is 79.5 Å². The number of carbonyl (C=O) groups excluding carboxylic acids is 2. The van der Waals surface area contributed by atoms with Crippen molar-refractivity contribution in [2.75, 3.05) is 31.5 Å². The lowest BCUT2D eigenvalue weighted by Gasteiger charge is -2.18. The third-order valence-electron chi connectivity index (χ3n) is 7.13. The summed E-state index contributed by atoms with van der Waals surface area (Å²) in [5.74, 6) is -0.299. The number of thiocarbonyl (C=S) groups is 1. The van der Waals surface area contributed by atoms with Gasteiger partial charge in [0, 0.05) is 41.4 Å². The van der Waals surface area contributed by atoms with Crippen molar-refractivity contribution in [2.24, 2.45) is 0 Å². The minimum atomic E-state index is -0.188. The third-order valence-corrected chi connectivity index (χ3v) is 7.25. The highest BCUT2D eigenvalue weighted by Crippen LogP contribution is 2.35. The maximum Gasteiger partial charge on any atom is 0.256 e. The van der Waals surface area contributed by atoms with Crippen LogP contribution in [-0.2, 0) is 4.79 Å².